The van der Waals surface area contributed by atoms with Crippen LogP contribution in [0.2, 0.25) is 0 Å². The summed E-state index contributed by atoms with van der Waals surface area (Å²) in [5, 5.41) is 11.4. The Labute approximate surface area is 158 Å². The van der Waals surface area contributed by atoms with Crippen LogP contribution >= 0.6 is 0 Å². The van der Waals surface area contributed by atoms with Gasteiger partial charge < -0.3 is 24.1 Å². The SMILES string of the molecule is C=C1C[C@H]2CCO[C@]23[C@H](OC(=O)[C@@H](OC)c2ccccc2)C(OC)=C[C@]13O. The van der Waals surface area contributed by atoms with Crippen molar-refractivity contribution in [3.63, 3.8) is 0 Å². The standard InChI is InChI=1S/C21H24O6/c1-13-11-15-9-10-26-21(15)18(16(24-2)12-20(13,21)23)27-19(22)17(25-3)14-7-5-4-6-8-14/h4-8,12,15,17-18,23H,1,9-11H2,2-3H3/t15-,17+,18-,20+,21+/m1/s1. The zero-order valence-electron chi connectivity index (χ0n) is 15.5. The van der Waals surface area contributed by atoms with Gasteiger partial charge in [-0.05, 0) is 30.1 Å². The summed E-state index contributed by atoms with van der Waals surface area (Å²) >= 11 is 0. The number of rotatable bonds is 5. The summed E-state index contributed by atoms with van der Waals surface area (Å²) in [7, 11) is 2.95. The van der Waals surface area contributed by atoms with Crippen molar-refractivity contribution >= 4 is 5.97 Å². The highest BCUT2D eigenvalue weighted by Crippen LogP contribution is 2.61. The molecule has 2 aliphatic carbocycles. The minimum absolute atomic E-state index is 0.00872. The van der Waals surface area contributed by atoms with E-state index in [9.17, 15) is 9.90 Å². The van der Waals surface area contributed by atoms with Crippen LogP contribution in [0.1, 0.15) is 24.5 Å². The molecule has 1 N–H and O–H groups in total. The summed E-state index contributed by atoms with van der Waals surface area (Å²) in [6.07, 6.45) is 1.26. The summed E-state index contributed by atoms with van der Waals surface area (Å²) in [4.78, 5) is 13.0. The molecule has 6 nitrogen and oxygen atoms in total. The number of hydrogen-bond donors (Lipinski definition) is 1. The number of esters is 1. The Morgan fingerprint density at radius 1 is 1.33 bits per heavy atom. The molecule has 5 atom stereocenters. The van der Waals surface area contributed by atoms with E-state index in [1.807, 2.05) is 18.2 Å². The fourth-order valence-electron chi connectivity index (χ4n) is 4.79. The Morgan fingerprint density at radius 2 is 2.07 bits per heavy atom. The average Bonchev–Trinajstić information content (AvgIpc) is 3.25. The lowest BCUT2D eigenvalue weighted by molar-refractivity contribution is -0.194. The molecule has 27 heavy (non-hydrogen) atoms. The van der Waals surface area contributed by atoms with Crippen molar-refractivity contribution in [3.05, 3.63) is 59.9 Å². The summed E-state index contributed by atoms with van der Waals surface area (Å²) in [6, 6.07) is 9.14. The van der Waals surface area contributed by atoms with E-state index in [0.717, 1.165) is 6.42 Å². The molecule has 2 fully saturated rings. The molecule has 1 saturated carbocycles. The third-order valence-corrected chi connectivity index (χ3v) is 6.06. The predicted molar refractivity (Wildman–Crippen MR) is 96.7 cm³/mol. The number of carbonyl (C=O) groups excluding carboxylic acids is 1. The van der Waals surface area contributed by atoms with Crippen LogP contribution in [0.4, 0.5) is 0 Å². The molecule has 1 aliphatic heterocycles. The Bertz CT molecular complexity index is 787. The Morgan fingerprint density at radius 3 is 2.74 bits per heavy atom. The lowest BCUT2D eigenvalue weighted by Crippen LogP contribution is -2.57. The van der Waals surface area contributed by atoms with Gasteiger partial charge in [0.25, 0.3) is 0 Å². The van der Waals surface area contributed by atoms with E-state index in [1.54, 1.807) is 18.2 Å². The number of ether oxygens (including phenoxy) is 4. The molecule has 6 heteroatoms. The Kier molecular flexibility index (Phi) is 4.37. The second-order valence-electron chi connectivity index (χ2n) is 7.30. The van der Waals surface area contributed by atoms with Crippen molar-refractivity contribution in [1.82, 2.24) is 0 Å². The highest BCUT2D eigenvalue weighted by atomic mass is 16.6. The predicted octanol–water partition coefficient (Wildman–Crippen LogP) is 2.30. The highest BCUT2D eigenvalue weighted by Gasteiger charge is 2.73. The fraction of sp³-hybridized carbons (Fsp3) is 0.476. The monoisotopic (exact) mass is 372 g/mol. The molecule has 1 aromatic rings. The summed E-state index contributed by atoms with van der Waals surface area (Å²) in [6.45, 7) is 4.52. The minimum Gasteiger partial charge on any atom is -0.497 e. The van der Waals surface area contributed by atoms with Crippen LogP contribution < -0.4 is 0 Å². The second-order valence-corrected chi connectivity index (χ2v) is 7.30. The van der Waals surface area contributed by atoms with E-state index in [2.05, 4.69) is 6.58 Å². The van der Waals surface area contributed by atoms with Gasteiger partial charge in [0, 0.05) is 19.6 Å². The molecule has 0 unspecified atom stereocenters. The molecule has 0 radical (unpaired) electrons. The molecule has 1 saturated heterocycles. The minimum atomic E-state index is -1.40. The van der Waals surface area contributed by atoms with Gasteiger partial charge in [-0.15, -0.1) is 0 Å². The van der Waals surface area contributed by atoms with E-state index in [4.69, 9.17) is 18.9 Å². The molecule has 0 amide bonds. The van der Waals surface area contributed by atoms with Gasteiger partial charge in [-0.1, -0.05) is 36.9 Å². The molecule has 1 heterocycles. The average molecular weight is 372 g/mol. The van der Waals surface area contributed by atoms with Gasteiger partial charge in [-0.3, -0.25) is 0 Å². The van der Waals surface area contributed by atoms with E-state index in [-0.39, 0.29) is 5.92 Å². The third kappa shape index (κ3) is 2.40. The first-order valence-electron chi connectivity index (χ1n) is 9.07. The van der Waals surface area contributed by atoms with E-state index in [0.29, 0.717) is 29.9 Å². The fourth-order valence-corrected chi connectivity index (χ4v) is 4.79. The summed E-state index contributed by atoms with van der Waals surface area (Å²) < 4.78 is 22.8. The number of hydrogen-bond acceptors (Lipinski definition) is 6. The van der Waals surface area contributed by atoms with E-state index >= 15 is 0 Å². The molecular formula is C21H24O6. The normalized spacial score (nSPS) is 35.4. The maximum absolute atomic E-state index is 13.0. The Balaban J connectivity index is 1.67. The van der Waals surface area contributed by atoms with Crippen molar-refractivity contribution < 1.29 is 28.8 Å². The maximum Gasteiger partial charge on any atom is 0.340 e. The van der Waals surface area contributed by atoms with Crippen LogP contribution in [0.25, 0.3) is 0 Å². The smallest absolute Gasteiger partial charge is 0.340 e. The summed E-state index contributed by atoms with van der Waals surface area (Å²) in [5.41, 5.74) is -1.13. The van der Waals surface area contributed by atoms with Crippen LogP contribution in [0.5, 0.6) is 0 Å². The topological polar surface area (TPSA) is 74.2 Å². The van der Waals surface area contributed by atoms with E-state index in [1.165, 1.54) is 14.2 Å². The highest BCUT2D eigenvalue weighted by molar-refractivity contribution is 5.77. The van der Waals surface area contributed by atoms with Crippen LogP contribution in [-0.4, -0.2) is 49.2 Å². The van der Waals surface area contributed by atoms with Crippen molar-refractivity contribution in [1.29, 1.82) is 0 Å². The van der Waals surface area contributed by atoms with Gasteiger partial charge in [0.15, 0.2) is 17.8 Å². The molecule has 3 aliphatic rings. The third-order valence-electron chi connectivity index (χ3n) is 6.06. The largest absolute Gasteiger partial charge is 0.497 e. The molecule has 0 bridgehead atoms. The molecular weight excluding hydrogens is 348 g/mol. The zero-order valence-corrected chi connectivity index (χ0v) is 15.5. The Hall–Kier alpha value is -2.15. The van der Waals surface area contributed by atoms with E-state index < -0.39 is 29.4 Å². The first-order chi connectivity index (χ1) is 13.0. The number of benzene rings is 1. The van der Waals surface area contributed by atoms with Crippen LogP contribution in [-0.2, 0) is 23.7 Å². The molecule has 1 aromatic carbocycles. The molecule has 144 valence electrons. The first kappa shape index (κ1) is 18.2. The van der Waals surface area contributed by atoms with Crippen molar-refractivity contribution in [3.8, 4) is 0 Å². The lowest BCUT2D eigenvalue weighted by atomic mass is 9.80. The quantitative estimate of drug-likeness (QED) is 0.632. The van der Waals surface area contributed by atoms with Crippen LogP contribution in [0.15, 0.2) is 54.3 Å². The number of carbonyl (C=O) groups is 1. The van der Waals surface area contributed by atoms with Gasteiger partial charge in [0.1, 0.15) is 11.4 Å². The van der Waals surface area contributed by atoms with Gasteiger partial charge >= 0.3 is 5.97 Å². The first-order valence-corrected chi connectivity index (χ1v) is 9.07. The van der Waals surface area contributed by atoms with Gasteiger partial charge in [-0.2, -0.15) is 0 Å². The zero-order chi connectivity index (χ0) is 19.2. The van der Waals surface area contributed by atoms with Crippen molar-refractivity contribution in [2.45, 2.75) is 36.3 Å². The second kappa shape index (κ2) is 6.48. The van der Waals surface area contributed by atoms with Crippen molar-refractivity contribution in [2.75, 3.05) is 20.8 Å². The number of aliphatic hydroxyl groups is 1. The van der Waals surface area contributed by atoms with Gasteiger partial charge in [0.05, 0.1) is 7.11 Å². The van der Waals surface area contributed by atoms with Gasteiger partial charge in [-0.25, -0.2) is 4.79 Å². The molecule has 4 rings (SSSR count). The van der Waals surface area contributed by atoms with Crippen LogP contribution in [0, 0.1) is 5.92 Å². The maximum atomic E-state index is 13.0. The van der Waals surface area contributed by atoms with Crippen molar-refractivity contribution in [2.24, 2.45) is 5.92 Å². The van der Waals surface area contributed by atoms with Crippen LogP contribution in [0.3, 0.4) is 0 Å². The molecule has 1 spiro atoms. The summed E-state index contributed by atoms with van der Waals surface area (Å²) in [5.74, 6) is -0.169. The number of methoxy groups -OCH3 is 2. The van der Waals surface area contributed by atoms with Gasteiger partial charge in [0.2, 0.25) is 0 Å². The lowest BCUT2D eigenvalue weighted by Gasteiger charge is -2.39. The molecule has 0 aromatic heterocycles.